The SMILES string of the molecule is CC(C)NC(C)(CC(C)N1CCCC(C)(C)CC1)C(=O)O. The summed E-state index contributed by atoms with van der Waals surface area (Å²) in [6.07, 6.45) is 4.30. The summed E-state index contributed by atoms with van der Waals surface area (Å²) in [6.45, 7) is 14.8. The maximum atomic E-state index is 11.7. The number of hydrogen-bond acceptors (Lipinski definition) is 3. The van der Waals surface area contributed by atoms with E-state index in [4.69, 9.17) is 0 Å². The first-order chi connectivity index (χ1) is 9.56. The van der Waals surface area contributed by atoms with Crippen LogP contribution in [0.15, 0.2) is 0 Å². The lowest BCUT2D eigenvalue weighted by molar-refractivity contribution is -0.145. The largest absolute Gasteiger partial charge is 0.480 e. The summed E-state index contributed by atoms with van der Waals surface area (Å²) in [7, 11) is 0. The first-order valence-electron chi connectivity index (χ1n) is 8.31. The molecule has 0 bridgehead atoms. The number of nitrogens with one attached hydrogen (secondary N) is 1. The first-order valence-corrected chi connectivity index (χ1v) is 8.31. The molecular weight excluding hydrogens is 264 g/mol. The van der Waals surface area contributed by atoms with E-state index in [1.807, 2.05) is 20.8 Å². The van der Waals surface area contributed by atoms with Crippen molar-refractivity contribution in [1.82, 2.24) is 10.2 Å². The Labute approximate surface area is 130 Å². The van der Waals surface area contributed by atoms with Gasteiger partial charge in [0.1, 0.15) is 5.54 Å². The summed E-state index contributed by atoms with van der Waals surface area (Å²) in [5.41, 5.74) is -0.434. The maximum Gasteiger partial charge on any atom is 0.323 e. The minimum absolute atomic E-state index is 0.168. The third-order valence-corrected chi connectivity index (χ3v) is 4.78. The lowest BCUT2D eigenvalue weighted by atomic mass is 9.85. The van der Waals surface area contributed by atoms with Gasteiger partial charge in [-0.3, -0.25) is 10.1 Å². The van der Waals surface area contributed by atoms with Crippen molar-refractivity contribution in [3.8, 4) is 0 Å². The highest BCUT2D eigenvalue weighted by Gasteiger charge is 2.37. The highest BCUT2D eigenvalue weighted by atomic mass is 16.4. The zero-order valence-corrected chi connectivity index (χ0v) is 14.7. The number of carboxylic acids is 1. The third kappa shape index (κ3) is 5.59. The summed E-state index contributed by atoms with van der Waals surface area (Å²) < 4.78 is 0. The quantitative estimate of drug-likeness (QED) is 0.791. The number of carboxylic acid groups (broad SMARTS) is 1. The summed E-state index contributed by atoms with van der Waals surface area (Å²) in [6, 6.07) is 0.451. The van der Waals surface area contributed by atoms with Gasteiger partial charge in [-0.1, -0.05) is 13.8 Å². The first kappa shape index (κ1) is 18.4. The number of rotatable bonds is 6. The molecule has 0 aromatic rings. The Bertz CT molecular complexity index is 355. The smallest absolute Gasteiger partial charge is 0.323 e. The normalized spacial score (nSPS) is 24.3. The molecule has 1 fully saturated rings. The zero-order valence-electron chi connectivity index (χ0n) is 14.7. The average molecular weight is 298 g/mol. The molecule has 0 aromatic carbocycles. The van der Waals surface area contributed by atoms with Crippen molar-refractivity contribution < 1.29 is 9.90 Å². The molecule has 2 N–H and O–H groups in total. The Morgan fingerprint density at radius 3 is 2.43 bits per heavy atom. The minimum Gasteiger partial charge on any atom is -0.480 e. The van der Waals surface area contributed by atoms with Crippen LogP contribution in [0, 0.1) is 5.41 Å². The van der Waals surface area contributed by atoms with Gasteiger partial charge in [0.15, 0.2) is 0 Å². The van der Waals surface area contributed by atoms with Crippen LogP contribution < -0.4 is 5.32 Å². The molecule has 124 valence electrons. The van der Waals surface area contributed by atoms with Crippen LogP contribution in [0.4, 0.5) is 0 Å². The van der Waals surface area contributed by atoms with Crippen molar-refractivity contribution in [3.63, 3.8) is 0 Å². The van der Waals surface area contributed by atoms with Gasteiger partial charge >= 0.3 is 5.97 Å². The van der Waals surface area contributed by atoms with Gasteiger partial charge in [0.25, 0.3) is 0 Å². The summed E-state index contributed by atoms with van der Waals surface area (Å²) in [4.78, 5) is 14.1. The van der Waals surface area contributed by atoms with Crippen LogP contribution in [0.5, 0.6) is 0 Å². The lowest BCUT2D eigenvalue weighted by Gasteiger charge is -2.36. The van der Waals surface area contributed by atoms with Gasteiger partial charge in [-0.25, -0.2) is 0 Å². The molecule has 4 nitrogen and oxygen atoms in total. The van der Waals surface area contributed by atoms with Gasteiger partial charge < -0.3 is 10.0 Å². The fourth-order valence-corrected chi connectivity index (χ4v) is 3.45. The molecule has 0 aromatic heterocycles. The molecule has 1 rings (SSSR count). The molecule has 2 atom stereocenters. The number of hydrogen-bond donors (Lipinski definition) is 2. The molecule has 1 saturated heterocycles. The van der Waals surface area contributed by atoms with Crippen LogP contribution in [-0.4, -0.2) is 46.7 Å². The van der Waals surface area contributed by atoms with Crippen LogP contribution in [-0.2, 0) is 4.79 Å². The molecule has 0 aliphatic carbocycles. The zero-order chi connectivity index (χ0) is 16.3. The van der Waals surface area contributed by atoms with Crippen molar-refractivity contribution in [2.75, 3.05) is 13.1 Å². The van der Waals surface area contributed by atoms with E-state index in [0.717, 1.165) is 13.1 Å². The van der Waals surface area contributed by atoms with E-state index >= 15 is 0 Å². The second kappa shape index (κ2) is 7.10. The number of nitrogens with zero attached hydrogens (tertiary/aromatic N) is 1. The standard InChI is InChI=1S/C17H34N2O2/c1-13(2)18-17(6,15(20)21)12-14(3)19-10-7-8-16(4,5)9-11-19/h13-14,18H,7-12H2,1-6H3,(H,20,21). The van der Waals surface area contributed by atoms with Gasteiger partial charge in [-0.2, -0.15) is 0 Å². The predicted octanol–water partition coefficient (Wildman–Crippen LogP) is 3.12. The number of carbonyl (C=O) groups is 1. The van der Waals surface area contributed by atoms with Gasteiger partial charge in [0.2, 0.25) is 0 Å². The van der Waals surface area contributed by atoms with Crippen molar-refractivity contribution in [2.24, 2.45) is 5.41 Å². The monoisotopic (exact) mass is 298 g/mol. The Morgan fingerprint density at radius 1 is 1.29 bits per heavy atom. The van der Waals surface area contributed by atoms with E-state index in [2.05, 4.69) is 31.0 Å². The van der Waals surface area contributed by atoms with Crippen LogP contribution in [0.2, 0.25) is 0 Å². The highest BCUT2D eigenvalue weighted by molar-refractivity contribution is 5.78. The summed E-state index contributed by atoms with van der Waals surface area (Å²) >= 11 is 0. The molecule has 2 unspecified atom stereocenters. The third-order valence-electron chi connectivity index (χ3n) is 4.78. The molecule has 0 radical (unpaired) electrons. The van der Waals surface area contributed by atoms with Crippen LogP contribution >= 0.6 is 0 Å². The molecule has 1 aliphatic heterocycles. The Balaban J connectivity index is 2.69. The van der Waals surface area contributed by atoms with E-state index in [1.54, 1.807) is 0 Å². The molecule has 4 heteroatoms. The second-order valence-electron chi connectivity index (χ2n) is 8.04. The molecule has 1 aliphatic rings. The van der Waals surface area contributed by atoms with Crippen molar-refractivity contribution >= 4 is 5.97 Å². The summed E-state index contributed by atoms with van der Waals surface area (Å²) in [5.74, 6) is -0.752. The van der Waals surface area contributed by atoms with E-state index in [9.17, 15) is 9.90 Å². The molecule has 0 spiro atoms. The lowest BCUT2D eigenvalue weighted by Crippen LogP contribution is -2.55. The Kier molecular flexibility index (Phi) is 6.23. The van der Waals surface area contributed by atoms with Gasteiger partial charge in [-0.15, -0.1) is 0 Å². The second-order valence-corrected chi connectivity index (χ2v) is 8.04. The van der Waals surface area contributed by atoms with Crippen LogP contribution in [0.25, 0.3) is 0 Å². The van der Waals surface area contributed by atoms with Crippen LogP contribution in [0.3, 0.4) is 0 Å². The van der Waals surface area contributed by atoms with Gasteiger partial charge in [0, 0.05) is 12.1 Å². The molecule has 1 heterocycles. The average Bonchev–Trinajstić information content (AvgIpc) is 2.48. The van der Waals surface area contributed by atoms with Gasteiger partial charge in [0.05, 0.1) is 0 Å². The molecule has 21 heavy (non-hydrogen) atoms. The predicted molar refractivity (Wildman–Crippen MR) is 87.6 cm³/mol. The molecule has 0 saturated carbocycles. The Morgan fingerprint density at radius 2 is 1.90 bits per heavy atom. The van der Waals surface area contributed by atoms with E-state index in [-0.39, 0.29) is 12.1 Å². The molecule has 0 amide bonds. The maximum absolute atomic E-state index is 11.7. The van der Waals surface area contributed by atoms with Crippen LogP contribution in [0.1, 0.15) is 67.2 Å². The topological polar surface area (TPSA) is 52.6 Å². The summed E-state index contributed by atoms with van der Waals surface area (Å²) in [5, 5.41) is 12.8. The number of aliphatic carboxylic acids is 1. The van der Waals surface area contributed by atoms with Crippen molar-refractivity contribution in [3.05, 3.63) is 0 Å². The molecular formula is C17H34N2O2. The van der Waals surface area contributed by atoms with E-state index < -0.39 is 11.5 Å². The van der Waals surface area contributed by atoms with Crippen molar-refractivity contribution in [2.45, 2.75) is 84.8 Å². The Hall–Kier alpha value is -0.610. The number of likely N-dealkylation sites (tertiary alicyclic amines) is 1. The fourth-order valence-electron chi connectivity index (χ4n) is 3.45. The van der Waals surface area contributed by atoms with E-state index in [1.165, 1.54) is 19.3 Å². The van der Waals surface area contributed by atoms with Crippen molar-refractivity contribution in [1.29, 1.82) is 0 Å². The highest BCUT2D eigenvalue weighted by Crippen LogP contribution is 2.31. The minimum atomic E-state index is -0.852. The van der Waals surface area contributed by atoms with E-state index in [0.29, 0.717) is 11.8 Å². The van der Waals surface area contributed by atoms with Gasteiger partial charge in [-0.05, 0) is 71.9 Å². The fraction of sp³-hybridized carbons (Fsp3) is 0.941.